The van der Waals surface area contributed by atoms with E-state index in [0.717, 1.165) is 5.56 Å². The number of benzene rings is 1. The number of amides is 1. The Bertz CT molecular complexity index is 611. The number of para-hydroxylation sites is 1. The summed E-state index contributed by atoms with van der Waals surface area (Å²) in [5.74, 6) is -0.274. The normalized spacial score (nSPS) is 12.3. The average molecular weight is 381 g/mol. The minimum Gasteiger partial charge on any atom is -0.508 e. The van der Waals surface area contributed by atoms with Crippen molar-refractivity contribution in [3.05, 3.63) is 29.8 Å². The van der Waals surface area contributed by atoms with Crippen LogP contribution in [0.1, 0.15) is 46.1 Å². The molecule has 0 bridgehead atoms. The lowest BCUT2D eigenvalue weighted by Crippen LogP contribution is -2.48. The van der Waals surface area contributed by atoms with Crippen LogP contribution in [0, 0.1) is 0 Å². The van der Waals surface area contributed by atoms with E-state index in [-0.39, 0.29) is 19.1 Å². The Kier molecular flexibility index (Phi) is 9.08. The molecule has 1 rings (SSSR count). The second-order valence-electron chi connectivity index (χ2n) is 7.19. The summed E-state index contributed by atoms with van der Waals surface area (Å²) in [6.07, 6.45) is 0.907. The number of hydrogen-bond acceptors (Lipinski definition) is 6. The Hall–Kier alpha value is -2.28. The second-order valence-corrected chi connectivity index (χ2v) is 7.19. The monoisotopic (exact) mass is 381 g/mol. The molecule has 7 nitrogen and oxygen atoms in total. The molecule has 1 N–H and O–H groups in total. The van der Waals surface area contributed by atoms with Gasteiger partial charge in [-0.15, -0.1) is 0 Å². The molecule has 7 heteroatoms. The van der Waals surface area contributed by atoms with Gasteiger partial charge in [0.2, 0.25) is 0 Å². The summed E-state index contributed by atoms with van der Waals surface area (Å²) < 4.78 is 15.8. The molecule has 152 valence electrons. The van der Waals surface area contributed by atoms with Crippen LogP contribution in [0.5, 0.6) is 5.75 Å². The molecule has 0 unspecified atom stereocenters. The van der Waals surface area contributed by atoms with Gasteiger partial charge in [0.1, 0.15) is 24.1 Å². The number of nitrogens with zero attached hydrogens (tertiary/aromatic N) is 1. The number of carbonyl (C=O) groups is 2. The van der Waals surface area contributed by atoms with Gasteiger partial charge < -0.3 is 19.3 Å². The molecule has 0 heterocycles. The van der Waals surface area contributed by atoms with Crippen LogP contribution in [0.4, 0.5) is 4.79 Å². The minimum atomic E-state index is -0.787. The summed E-state index contributed by atoms with van der Waals surface area (Å²) in [5.41, 5.74) is 0.124. The zero-order valence-corrected chi connectivity index (χ0v) is 16.9. The van der Waals surface area contributed by atoms with Crippen molar-refractivity contribution in [1.29, 1.82) is 0 Å². The highest BCUT2D eigenvalue weighted by molar-refractivity contribution is 5.81. The highest BCUT2D eigenvalue weighted by Crippen LogP contribution is 2.18. The number of methoxy groups -OCH3 is 1. The van der Waals surface area contributed by atoms with Crippen LogP contribution in [-0.2, 0) is 25.4 Å². The van der Waals surface area contributed by atoms with Crippen molar-refractivity contribution in [2.75, 3.05) is 20.4 Å². The van der Waals surface area contributed by atoms with Crippen molar-refractivity contribution in [2.45, 2.75) is 58.6 Å². The Labute approximate surface area is 161 Å². The SMILES string of the molecule is CC[C@@H](C(=O)OCCCc1ccccc1O)N(COC)C(=O)OC(C)(C)C. The van der Waals surface area contributed by atoms with Gasteiger partial charge >= 0.3 is 12.1 Å². The van der Waals surface area contributed by atoms with E-state index in [9.17, 15) is 14.7 Å². The van der Waals surface area contributed by atoms with Crippen LogP contribution >= 0.6 is 0 Å². The molecule has 27 heavy (non-hydrogen) atoms. The first kappa shape index (κ1) is 22.8. The molecule has 1 amide bonds. The van der Waals surface area contributed by atoms with Gasteiger partial charge in [0.15, 0.2) is 0 Å². The molecular weight excluding hydrogens is 350 g/mol. The molecule has 0 aliphatic carbocycles. The largest absolute Gasteiger partial charge is 0.508 e. The van der Waals surface area contributed by atoms with E-state index in [2.05, 4.69) is 0 Å². The number of ether oxygens (including phenoxy) is 3. The van der Waals surface area contributed by atoms with E-state index in [1.807, 2.05) is 12.1 Å². The first-order chi connectivity index (χ1) is 12.7. The van der Waals surface area contributed by atoms with Gasteiger partial charge in [0.05, 0.1) is 6.61 Å². The van der Waals surface area contributed by atoms with Crippen LogP contribution in [0.25, 0.3) is 0 Å². The van der Waals surface area contributed by atoms with Crippen molar-refractivity contribution in [3.63, 3.8) is 0 Å². The fourth-order valence-electron chi connectivity index (χ4n) is 2.50. The van der Waals surface area contributed by atoms with Gasteiger partial charge in [-0.3, -0.25) is 4.90 Å². The third-order valence-corrected chi connectivity index (χ3v) is 3.76. The molecule has 0 aliphatic heterocycles. The van der Waals surface area contributed by atoms with Crippen molar-refractivity contribution in [2.24, 2.45) is 0 Å². The summed E-state index contributed by atoms with van der Waals surface area (Å²) in [6, 6.07) is 6.26. The first-order valence-electron chi connectivity index (χ1n) is 9.11. The zero-order valence-electron chi connectivity index (χ0n) is 16.9. The van der Waals surface area contributed by atoms with Crippen LogP contribution < -0.4 is 0 Å². The molecular formula is C20H31NO6. The van der Waals surface area contributed by atoms with E-state index >= 15 is 0 Å². The lowest BCUT2D eigenvalue weighted by Gasteiger charge is -2.31. The van der Waals surface area contributed by atoms with Gasteiger partial charge in [0, 0.05) is 7.11 Å². The van der Waals surface area contributed by atoms with Gasteiger partial charge in [-0.2, -0.15) is 0 Å². The van der Waals surface area contributed by atoms with Gasteiger partial charge in [-0.1, -0.05) is 25.1 Å². The zero-order chi connectivity index (χ0) is 20.4. The quantitative estimate of drug-likeness (QED) is 0.400. The number of esters is 1. The highest BCUT2D eigenvalue weighted by atomic mass is 16.6. The summed E-state index contributed by atoms with van der Waals surface area (Å²) in [5, 5.41) is 9.75. The van der Waals surface area contributed by atoms with Crippen molar-refractivity contribution in [3.8, 4) is 5.75 Å². The summed E-state index contributed by atoms with van der Waals surface area (Å²) in [7, 11) is 1.45. The molecule has 0 aliphatic rings. The summed E-state index contributed by atoms with van der Waals surface area (Å²) >= 11 is 0. The third kappa shape index (κ3) is 7.86. The third-order valence-electron chi connectivity index (χ3n) is 3.76. The molecule has 1 atom stereocenters. The van der Waals surface area contributed by atoms with Crippen LogP contribution in [0.3, 0.4) is 0 Å². The summed E-state index contributed by atoms with van der Waals surface area (Å²) in [4.78, 5) is 26.1. The first-order valence-corrected chi connectivity index (χ1v) is 9.11. The average Bonchev–Trinajstić information content (AvgIpc) is 2.58. The van der Waals surface area contributed by atoms with E-state index in [0.29, 0.717) is 19.3 Å². The number of aromatic hydroxyl groups is 1. The Morgan fingerprint density at radius 1 is 1.22 bits per heavy atom. The molecule has 0 saturated heterocycles. The van der Waals surface area contributed by atoms with Crippen LogP contribution in [0.2, 0.25) is 0 Å². The fourth-order valence-corrected chi connectivity index (χ4v) is 2.50. The van der Waals surface area contributed by atoms with Crippen molar-refractivity contribution in [1.82, 2.24) is 4.90 Å². The lowest BCUT2D eigenvalue weighted by molar-refractivity contribution is -0.152. The lowest BCUT2D eigenvalue weighted by atomic mass is 10.1. The minimum absolute atomic E-state index is 0.0690. The van der Waals surface area contributed by atoms with Gasteiger partial charge in [-0.25, -0.2) is 9.59 Å². The van der Waals surface area contributed by atoms with Crippen molar-refractivity contribution >= 4 is 12.1 Å². The number of hydrogen-bond donors (Lipinski definition) is 1. The second kappa shape index (κ2) is 10.8. The topological polar surface area (TPSA) is 85.3 Å². The highest BCUT2D eigenvalue weighted by Gasteiger charge is 2.32. The van der Waals surface area contributed by atoms with Gasteiger partial charge in [-0.05, 0) is 51.7 Å². The standard InChI is InChI=1S/C20H31NO6/c1-6-16(21(14-25-5)19(24)27-20(2,3)4)18(23)26-13-9-11-15-10-7-8-12-17(15)22/h7-8,10,12,16,22H,6,9,11,13-14H2,1-5H3/t16-/m0/s1. The Balaban J connectivity index is 2.61. The van der Waals surface area contributed by atoms with Gasteiger partial charge in [0.25, 0.3) is 0 Å². The molecule has 1 aromatic carbocycles. The molecule has 1 aromatic rings. The van der Waals surface area contributed by atoms with Crippen LogP contribution in [0.15, 0.2) is 24.3 Å². The van der Waals surface area contributed by atoms with E-state index in [4.69, 9.17) is 14.2 Å². The van der Waals surface area contributed by atoms with E-state index < -0.39 is 23.7 Å². The maximum Gasteiger partial charge on any atom is 0.412 e. The number of rotatable bonds is 9. The number of phenols is 1. The number of carbonyl (C=O) groups excluding carboxylic acids is 2. The van der Waals surface area contributed by atoms with E-state index in [1.54, 1.807) is 39.8 Å². The molecule has 0 spiro atoms. The molecule has 0 aromatic heterocycles. The predicted octanol–water partition coefficient (Wildman–Crippen LogP) is 3.49. The maximum atomic E-state index is 12.5. The molecule has 0 saturated carbocycles. The van der Waals surface area contributed by atoms with Crippen molar-refractivity contribution < 1.29 is 28.9 Å². The van der Waals surface area contributed by atoms with Crippen LogP contribution in [-0.4, -0.2) is 54.2 Å². The Morgan fingerprint density at radius 3 is 2.44 bits per heavy atom. The number of phenolic OH excluding ortho intramolecular Hbond substituents is 1. The molecule has 0 fully saturated rings. The fraction of sp³-hybridized carbons (Fsp3) is 0.600. The maximum absolute atomic E-state index is 12.5. The number of aryl methyl sites for hydroxylation is 1. The molecule has 0 radical (unpaired) electrons. The Morgan fingerprint density at radius 2 is 1.89 bits per heavy atom. The predicted molar refractivity (Wildman–Crippen MR) is 101 cm³/mol. The smallest absolute Gasteiger partial charge is 0.412 e. The van der Waals surface area contributed by atoms with E-state index in [1.165, 1.54) is 12.0 Å². The summed E-state index contributed by atoms with van der Waals surface area (Å²) in [6.45, 7) is 7.19.